The molecule has 13 heavy (non-hydrogen) atoms. The highest BCUT2D eigenvalue weighted by Crippen LogP contribution is 2.05. The fourth-order valence-electron chi connectivity index (χ4n) is 1.12. The zero-order valence-corrected chi connectivity index (χ0v) is 8.07. The topological polar surface area (TPSA) is 52.8 Å². The number of aromatic amines is 1. The van der Waals surface area contributed by atoms with Gasteiger partial charge in [0.2, 0.25) is 0 Å². The molecule has 0 spiro atoms. The van der Waals surface area contributed by atoms with Gasteiger partial charge in [-0.15, -0.1) is 5.10 Å². The summed E-state index contributed by atoms with van der Waals surface area (Å²) in [6.07, 6.45) is 3.30. The number of nitrogens with one attached hydrogen (secondary N) is 1. The number of nitrogens with zero attached hydrogens (tertiary/aromatic N) is 2. The van der Waals surface area contributed by atoms with E-state index >= 15 is 0 Å². The first-order valence-electron chi connectivity index (χ1n) is 4.32. The number of H-pyrrole nitrogens is 1. The maximum absolute atomic E-state index is 9.29. The van der Waals surface area contributed by atoms with Crippen molar-refractivity contribution >= 4 is 11.0 Å². The molecular weight excluding hydrogens is 166 g/mol. The normalized spacial score (nSPS) is 9.46. The van der Waals surface area contributed by atoms with E-state index in [2.05, 4.69) is 10.2 Å². The van der Waals surface area contributed by atoms with Gasteiger partial charge in [0.15, 0.2) is 0 Å². The quantitative estimate of drug-likeness (QED) is 0.476. The molecule has 4 heteroatoms. The lowest BCUT2D eigenvalue weighted by Crippen LogP contribution is -2.30. The van der Waals surface area contributed by atoms with E-state index in [1.165, 1.54) is 0 Å². The lowest BCUT2D eigenvalue weighted by molar-refractivity contribution is -0.886. The number of hydrogen-bond acceptors (Lipinski definition) is 2. The lowest BCUT2D eigenvalue weighted by atomic mass is 10.3. The summed E-state index contributed by atoms with van der Waals surface area (Å²) < 4.78 is 1.04. The van der Waals surface area contributed by atoms with Crippen molar-refractivity contribution in [1.82, 2.24) is 10.2 Å². The van der Waals surface area contributed by atoms with Crippen molar-refractivity contribution in [3.05, 3.63) is 24.0 Å². The van der Waals surface area contributed by atoms with Gasteiger partial charge in [0.25, 0.3) is 0 Å². The molecule has 0 aliphatic carbocycles. The molecule has 0 saturated heterocycles. The van der Waals surface area contributed by atoms with E-state index in [0.29, 0.717) is 5.65 Å². The Labute approximate surface area is 76.8 Å². The molecule has 4 nitrogen and oxygen atoms in total. The Morgan fingerprint density at radius 2 is 2.15 bits per heavy atom. The molecule has 0 unspecified atom stereocenters. The highest BCUT2D eigenvalue weighted by Gasteiger charge is 2.07. The van der Waals surface area contributed by atoms with Crippen molar-refractivity contribution in [2.24, 2.45) is 0 Å². The summed E-state index contributed by atoms with van der Waals surface area (Å²) in [7, 11) is 0. The van der Waals surface area contributed by atoms with Gasteiger partial charge in [-0.05, 0) is 23.3 Å². The third kappa shape index (κ3) is 1.77. The Morgan fingerprint density at radius 1 is 1.46 bits per heavy atom. The van der Waals surface area contributed by atoms with Crippen molar-refractivity contribution in [1.29, 1.82) is 0 Å². The van der Waals surface area contributed by atoms with Crippen molar-refractivity contribution in [3.63, 3.8) is 0 Å². The van der Waals surface area contributed by atoms with Crippen LogP contribution in [-0.4, -0.2) is 15.4 Å². The van der Waals surface area contributed by atoms with E-state index in [0.717, 1.165) is 15.7 Å². The van der Waals surface area contributed by atoms with Crippen molar-refractivity contribution in [2.45, 2.75) is 20.8 Å². The third-order valence-electron chi connectivity index (χ3n) is 1.59. The highest BCUT2D eigenvalue weighted by atomic mass is 16.5. The minimum absolute atomic E-state index is 0.621. The Hall–Kier alpha value is -1.58. The second-order valence-corrected chi connectivity index (χ2v) is 2.54. The number of aromatic nitrogens is 3. The molecular formula is C9H14N3O+. The fourth-order valence-corrected chi connectivity index (χ4v) is 1.12. The molecule has 2 heterocycles. The predicted octanol–water partition coefficient (Wildman–Crippen LogP) is 1.42. The third-order valence-corrected chi connectivity index (χ3v) is 1.59. The van der Waals surface area contributed by atoms with Gasteiger partial charge in [0.05, 0.1) is 11.6 Å². The molecule has 2 aromatic heterocycles. The van der Waals surface area contributed by atoms with Crippen molar-refractivity contribution in [3.8, 4) is 0 Å². The van der Waals surface area contributed by atoms with E-state index in [-0.39, 0.29) is 0 Å². The van der Waals surface area contributed by atoms with E-state index in [1.807, 2.05) is 26.8 Å². The molecule has 0 amide bonds. The van der Waals surface area contributed by atoms with Crippen LogP contribution in [0, 0.1) is 6.92 Å². The van der Waals surface area contributed by atoms with Crippen molar-refractivity contribution in [2.75, 3.05) is 0 Å². The molecule has 2 rings (SSSR count). The fraction of sp³-hybridized carbons (Fsp3) is 0.333. The Balaban J connectivity index is 0.000000396. The summed E-state index contributed by atoms with van der Waals surface area (Å²) in [5, 5.41) is 16.7. The standard InChI is InChI=1S/C7H7N3O.C2H6/c1-5-2-6-3-8-9-7(6)10(11)4-5;1-2/h2-4,11H,1H3;1-2H3/p+1. The van der Waals surface area contributed by atoms with Gasteiger partial charge in [-0.3, -0.25) is 0 Å². The average molecular weight is 180 g/mol. The Bertz CT molecular complexity index is 395. The van der Waals surface area contributed by atoms with E-state index in [1.54, 1.807) is 12.4 Å². The van der Waals surface area contributed by atoms with Crippen LogP contribution in [0.5, 0.6) is 0 Å². The molecule has 0 fully saturated rings. The van der Waals surface area contributed by atoms with Crippen LogP contribution in [0.4, 0.5) is 0 Å². The number of hydrogen-bond donors (Lipinski definition) is 2. The van der Waals surface area contributed by atoms with Crippen LogP contribution < -0.4 is 4.73 Å². The Morgan fingerprint density at radius 3 is 2.85 bits per heavy atom. The maximum Gasteiger partial charge on any atom is 0.347 e. The first kappa shape index (κ1) is 9.51. The first-order chi connectivity index (χ1) is 6.27. The molecule has 0 atom stereocenters. The van der Waals surface area contributed by atoms with Gasteiger partial charge in [-0.25, -0.2) is 0 Å². The second kappa shape index (κ2) is 3.89. The SMILES string of the molecule is CC.Cc1cc2cn[nH]c2[n+](O)c1. The lowest BCUT2D eigenvalue weighted by Gasteiger charge is -1.90. The minimum Gasteiger partial charge on any atom is -0.350 e. The van der Waals surface area contributed by atoms with Gasteiger partial charge in [-0.2, -0.15) is 0 Å². The van der Waals surface area contributed by atoms with Gasteiger partial charge in [-0.1, -0.05) is 18.9 Å². The summed E-state index contributed by atoms with van der Waals surface area (Å²) in [6.45, 7) is 5.92. The van der Waals surface area contributed by atoms with Crippen LogP contribution >= 0.6 is 0 Å². The van der Waals surface area contributed by atoms with E-state index < -0.39 is 0 Å². The molecule has 70 valence electrons. The maximum atomic E-state index is 9.29. The van der Waals surface area contributed by atoms with E-state index in [9.17, 15) is 5.21 Å². The highest BCUT2D eigenvalue weighted by molar-refractivity contribution is 5.70. The summed E-state index contributed by atoms with van der Waals surface area (Å²) in [5.74, 6) is 0. The van der Waals surface area contributed by atoms with E-state index in [4.69, 9.17) is 0 Å². The molecule has 0 aliphatic heterocycles. The second-order valence-electron chi connectivity index (χ2n) is 2.54. The molecule has 0 radical (unpaired) electrons. The number of fused-ring (bicyclic) bond motifs is 1. The Kier molecular flexibility index (Phi) is 2.84. The summed E-state index contributed by atoms with van der Waals surface area (Å²) in [5.41, 5.74) is 1.62. The molecule has 2 aromatic rings. The largest absolute Gasteiger partial charge is 0.350 e. The number of aryl methyl sites for hydroxylation is 1. The molecule has 0 bridgehead atoms. The molecule has 0 aliphatic rings. The van der Waals surface area contributed by atoms with Crippen LogP contribution in [0.15, 0.2) is 18.5 Å². The number of pyridine rings is 1. The smallest absolute Gasteiger partial charge is 0.347 e. The molecule has 0 saturated carbocycles. The van der Waals surface area contributed by atoms with Gasteiger partial charge in [0.1, 0.15) is 6.20 Å². The van der Waals surface area contributed by atoms with Crippen LogP contribution in [0.25, 0.3) is 11.0 Å². The first-order valence-corrected chi connectivity index (χ1v) is 4.32. The van der Waals surface area contributed by atoms with Gasteiger partial charge < -0.3 is 5.21 Å². The molecule has 0 aromatic carbocycles. The van der Waals surface area contributed by atoms with Crippen LogP contribution in [0.2, 0.25) is 0 Å². The van der Waals surface area contributed by atoms with Gasteiger partial charge in [0, 0.05) is 0 Å². The van der Waals surface area contributed by atoms with Crippen LogP contribution in [0.1, 0.15) is 19.4 Å². The predicted molar refractivity (Wildman–Crippen MR) is 49.6 cm³/mol. The van der Waals surface area contributed by atoms with Gasteiger partial charge >= 0.3 is 5.65 Å². The zero-order valence-electron chi connectivity index (χ0n) is 8.07. The van der Waals surface area contributed by atoms with Crippen molar-refractivity contribution < 1.29 is 9.94 Å². The minimum atomic E-state index is 0.621. The summed E-state index contributed by atoms with van der Waals surface area (Å²) in [4.78, 5) is 0. The average Bonchev–Trinajstić information content (AvgIpc) is 2.55. The summed E-state index contributed by atoms with van der Waals surface area (Å²) in [6, 6.07) is 1.95. The summed E-state index contributed by atoms with van der Waals surface area (Å²) >= 11 is 0. The van der Waals surface area contributed by atoms with Crippen LogP contribution in [0.3, 0.4) is 0 Å². The molecule has 2 N–H and O–H groups in total. The van der Waals surface area contributed by atoms with Crippen LogP contribution in [-0.2, 0) is 0 Å². The zero-order chi connectivity index (χ0) is 9.84. The monoisotopic (exact) mass is 180 g/mol. The number of rotatable bonds is 0.